The first kappa shape index (κ1) is 15.3. The van der Waals surface area contributed by atoms with Gasteiger partial charge in [0.15, 0.2) is 11.4 Å². The predicted octanol–water partition coefficient (Wildman–Crippen LogP) is 2.57. The third-order valence-electron chi connectivity index (χ3n) is 4.59. The van der Waals surface area contributed by atoms with Crippen molar-refractivity contribution in [1.29, 1.82) is 0 Å². The van der Waals surface area contributed by atoms with Gasteiger partial charge >= 0.3 is 0 Å². The second kappa shape index (κ2) is 6.33. The maximum absolute atomic E-state index is 5.93. The van der Waals surface area contributed by atoms with Crippen molar-refractivity contribution in [2.75, 3.05) is 19.7 Å². The quantitative estimate of drug-likeness (QED) is 0.733. The molecule has 1 aliphatic rings. The molecule has 1 saturated heterocycles. The standard InChI is InChI=1S/C17H21N5O2/c1-3-21-11-18-20-16(21)15-10-22(8-9-23-15)12(2)17-19-13-6-4-5-7-14(13)24-17/h4-7,11-12,15H,3,8-10H2,1-2H3/t12-,15-/m0/s1. The van der Waals surface area contributed by atoms with Crippen LogP contribution in [0.4, 0.5) is 0 Å². The Kier molecular flexibility index (Phi) is 4.03. The Balaban J connectivity index is 1.55. The largest absolute Gasteiger partial charge is 0.439 e. The molecule has 126 valence electrons. The summed E-state index contributed by atoms with van der Waals surface area (Å²) in [5.41, 5.74) is 1.73. The lowest BCUT2D eigenvalue weighted by atomic mass is 10.2. The number of hydrogen-bond acceptors (Lipinski definition) is 6. The van der Waals surface area contributed by atoms with Gasteiger partial charge in [-0.25, -0.2) is 4.98 Å². The van der Waals surface area contributed by atoms with E-state index in [1.165, 1.54) is 0 Å². The van der Waals surface area contributed by atoms with Crippen molar-refractivity contribution in [2.45, 2.75) is 32.5 Å². The molecule has 4 rings (SSSR count). The van der Waals surface area contributed by atoms with E-state index < -0.39 is 0 Å². The molecule has 3 heterocycles. The van der Waals surface area contributed by atoms with Gasteiger partial charge in [-0.3, -0.25) is 4.90 Å². The van der Waals surface area contributed by atoms with Crippen LogP contribution in [-0.2, 0) is 11.3 Å². The monoisotopic (exact) mass is 327 g/mol. The van der Waals surface area contributed by atoms with Gasteiger partial charge in [0.25, 0.3) is 0 Å². The molecule has 3 aromatic rings. The van der Waals surface area contributed by atoms with E-state index in [9.17, 15) is 0 Å². The molecule has 1 aromatic carbocycles. The molecular formula is C17H21N5O2. The molecule has 7 nitrogen and oxygen atoms in total. The van der Waals surface area contributed by atoms with E-state index in [0.717, 1.165) is 42.4 Å². The molecule has 0 spiro atoms. The molecule has 0 aliphatic carbocycles. The summed E-state index contributed by atoms with van der Waals surface area (Å²) in [6.45, 7) is 7.29. The number of aromatic nitrogens is 4. The zero-order valence-electron chi connectivity index (χ0n) is 13.9. The Morgan fingerprint density at radius 2 is 2.21 bits per heavy atom. The molecule has 2 atom stereocenters. The first-order valence-corrected chi connectivity index (χ1v) is 8.35. The number of hydrogen-bond donors (Lipinski definition) is 0. The maximum atomic E-state index is 5.93. The molecule has 0 saturated carbocycles. The molecular weight excluding hydrogens is 306 g/mol. The van der Waals surface area contributed by atoms with E-state index in [2.05, 4.69) is 33.9 Å². The Morgan fingerprint density at radius 3 is 3.04 bits per heavy atom. The van der Waals surface area contributed by atoms with E-state index in [1.807, 2.05) is 28.8 Å². The molecule has 2 aromatic heterocycles. The van der Waals surface area contributed by atoms with Gasteiger partial charge in [-0.1, -0.05) is 12.1 Å². The van der Waals surface area contributed by atoms with Crippen LogP contribution in [0.2, 0.25) is 0 Å². The molecule has 1 fully saturated rings. The summed E-state index contributed by atoms with van der Waals surface area (Å²) in [4.78, 5) is 6.95. The Hall–Kier alpha value is -2.25. The zero-order chi connectivity index (χ0) is 16.5. The topological polar surface area (TPSA) is 69.2 Å². The third-order valence-corrected chi connectivity index (χ3v) is 4.59. The van der Waals surface area contributed by atoms with Gasteiger partial charge in [0.05, 0.1) is 12.6 Å². The number of rotatable bonds is 4. The number of nitrogens with zero attached hydrogens (tertiary/aromatic N) is 5. The number of aryl methyl sites for hydroxylation is 1. The van der Waals surface area contributed by atoms with Crippen LogP contribution in [0.25, 0.3) is 11.1 Å². The first-order chi connectivity index (χ1) is 11.8. The van der Waals surface area contributed by atoms with E-state index in [1.54, 1.807) is 6.33 Å². The van der Waals surface area contributed by atoms with Crippen LogP contribution in [0.5, 0.6) is 0 Å². The number of fused-ring (bicyclic) bond motifs is 1. The van der Waals surface area contributed by atoms with Crippen LogP contribution in [0.15, 0.2) is 35.0 Å². The van der Waals surface area contributed by atoms with Gasteiger partial charge in [0.2, 0.25) is 5.89 Å². The first-order valence-electron chi connectivity index (χ1n) is 8.35. The molecule has 24 heavy (non-hydrogen) atoms. The van der Waals surface area contributed by atoms with Crippen LogP contribution in [0.1, 0.15) is 37.7 Å². The smallest absolute Gasteiger partial charge is 0.212 e. The van der Waals surface area contributed by atoms with Crippen LogP contribution in [0.3, 0.4) is 0 Å². The van der Waals surface area contributed by atoms with Crippen molar-refractivity contribution in [2.24, 2.45) is 0 Å². The number of oxazole rings is 1. The highest BCUT2D eigenvalue weighted by Crippen LogP contribution is 2.29. The Labute approximate surface area is 140 Å². The van der Waals surface area contributed by atoms with Crippen LogP contribution in [-0.4, -0.2) is 44.3 Å². The second-order valence-corrected chi connectivity index (χ2v) is 6.03. The minimum Gasteiger partial charge on any atom is -0.439 e. The van der Waals surface area contributed by atoms with Gasteiger partial charge in [0.1, 0.15) is 17.9 Å². The van der Waals surface area contributed by atoms with Crippen molar-refractivity contribution < 1.29 is 9.15 Å². The van der Waals surface area contributed by atoms with E-state index in [4.69, 9.17) is 9.15 Å². The Morgan fingerprint density at radius 1 is 1.33 bits per heavy atom. The minimum absolute atomic E-state index is 0.0759. The predicted molar refractivity (Wildman–Crippen MR) is 88.4 cm³/mol. The maximum Gasteiger partial charge on any atom is 0.212 e. The van der Waals surface area contributed by atoms with Crippen molar-refractivity contribution in [3.05, 3.63) is 42.3 Å². The van der Waals surface area contributed by atoms with Crippen molar-refractivity contribution >= 4 is 11.1 Å². The molecule has 0 radical (unpaired) electrons. The van der Waals surface area contributed by atoms with E-state index in [-0.39, 0.29) is 12.1 Å². The highest BCUT2D eigenvalue weighted by Gasteiger charge is 2.30. The lowest BCUT2D eigenvalue weighted by Gasteiger charge is -2.35. The molecule has 0 amide bonds. The summed E-state index contributed by atoms with van der Waals surface area (Å²) in [6, 6.07) is 7.94. The van der Waals surface area contributed by atoms with Crippen molar-refractivity contribution in [3.63, 3.8) is 0 Å². The van der Waals surface area contributed by atoms with Crippen molar-refractivity contribution in [3.8, 4) is 0 Å². The van der Waals surface area contributed by atoms with Crippen LogP contribution < -0.4 is 0 Å². The SMILES string of the molecule is CCn1cnnc1[C@@H]1CN([C@@H](C)c2nc3ccccc3o2)CCO1. The fourth-order valence-electron chi connectivity index (χ4n) is 3.16. The second-order valence-electron chi connectivity index (χ2n) is 6.03. The highest BCUT2D eigenvalue weighted by molar-refractivity contribution is 5.72. The summed E-state index contributed by atoms with van der Waals surface area (Å²) < 4.78 is 13.9. The van der Waals surface area contributed by atoms with Crippen molar-refractivity contribution in [1.82, 2.24) is 24.6 Å². The minimum atomic E-state index is -0.0759. The average Bonchev–Trinajstić information content (AvgIpc) is 3.27. The summed E-state index contributed by atoms with van der Waals surface area (Å²) in [5.74, 6) is 1.63. The summed E-state index contributed by atoms with van der Waals surface area (Å²) in [5, 5.41) is 8.24. The van der Waals surface area contributed by atoms with Gasteiger partial charge in [-0.05, 0) is 26.0 Å². The summed E-state index contributed by atoms with van der Waals surface area (Å²) in [7, 11) is 0. The number of para-hydroxylation sites is 2. The van der Waals surface area contributed by atoms with Crippen LogP contribution in [0, 0.1) is 0 Å². The fraction of sp³-hybridized carbons (Fsp3) is 0.471. The lowest BCUT2D eigenvalue weighted by molar-refractivity contribution is -0.0515. The average molecular weight is 327 g/mol. The zero-order valence-corrected chi connectivity index (χ0v) is 13.9. The molecule has 0 bridgehead atoms. The third kappa shape index (κ3) is 2.70. The van der Waals surface area contributed by atoms with Gasteiger partial charge in [-0.15, -0.1) is 10.2 Å². The van der Waals surface area contributed by atoms with Gasteiger partial charge < -0.3 is 13.7 Å². The number of morpholine rings is 1. The fourth-order valence-corrected chi connectivity index (χ4v) is 3.16. The lowest BCUT2D eigenvalue weighted by Crippen LogP contribution is -2.40. The molecule has 7 heteroatoms. The van der Waals surface area contributed by atoms with Gasteiger partial charge in [0, 0.05) is 19.6 Å². The molecule has 0 N–H and O–H groups in total. The summed E-state index contributed by atoms with van der Waals surface area (Å²) in [6.07, 6.45) is 1.68. The number of ether oxygens (including phenoxy) is 1. The number of benzene rings is 1. The summed E-state index contributed by atoms with van der Waals surface area (Å²) >= 11 is 0. The normalized spacial score (nSPS) is 20.5. The highest BCUT2D eigenvalue weighted by atomic mass is 16.5. The van der Waals surface area contributed by atoms with E-state index in [0.29, 0.717) is 6.61 Å². The molecule has 0 unspecified atom stereocenters. The van der Waals surface area contributed by atoms with Crippen LogP contribution >= 0.6 is 0 Å². The van der Waals surface area contributed by atoms with E-state index >= 15 is 0 Å². The molecule has 1 aliphatic heterocycles. The Bertz CT molecular complexity index is 794. The van der Waals surface area contributed by atoms with Gasteiger partial charge in [-0.2, -0.15) is 0 Å².